The van der Waals surface area contributed by atoms with Crippen molar-refractivity contribution in [3.63, 3.8) is 0 Å². The van der Waals surface area contributed by atoms with Crippen LogP contribution in [0.4, 0.5) is 0 Å². The van der Waals surface area contributed by atoms with Crippen LogP contribution in [0.2, 0.25) is 0 Å². The van der Waals surface area contributed by atoms with Gasteiger partial charge < -0.3 is 10.2 Å². The van der Waals surface area contributed by atoms with E-state index in [0.29, 0.717) is 12.8 Å². The van der Waals surface area contributed by atoms with E-state index in [1.54, 1.807) is 6.08 Å². The van der Waals surface area contributed by atoms with E-state index in [9.17, 15) is 14.7 Å². The molecule has 0 saturated carbocycles. The summed E-state index contributed by atoms with van der Waals surface area (Å²) in [6.45, 7) is 2.21. The summed E-state index contributed by atoms with van der Waals surface area (Å²) in [6.07, 6.45) is 14.4. The zero-order valence-electron chi connectivity index (χ0n) is 15.1. The quantitative estimate of drug-likeness (QED) is 0.457. The maximum Gasteiger partial charge on any atom is 0.303 e. The number of allylic oxidation sites excluding steroid dienone is 2. The summed E-state index contributed by atoms with van der Waals surface area (Å²) in [6, 6.07) is 0. The van der Waals surface area contributed by atoms with Crippen LogP contribution in [-0.2, 0) is 9.59 Å². The van der Waals surface area contributed by atoms with E-state index in [-0.39, 0.29) is 24.0 Å². The number of unbranched alkanes of at least 4 members (excludes halogenated alkanes) is 7. The molecule has 1 aliphatic rings. The van der Waals surface area contributed by atoms with Crippen molar-refractivity contribution < 1.29 is 19.8 Å². The highest BCUT2D eigenvalue weighted by molar-refractivity contribution is 5.95. The van der Waals surface area contributed by atoms with Crippen molar-refractivity contribution >= 4 is 11.8 Å². The minimum absolute atomic E-state index is 0.0593. The Labute approximate surface area is 146 Å². The first-order valence-corrected chi connectivity index (χ1v) is 9.68. The molecule has 4 heteroatoms. The predicted molar refractivity (Wildman–Crippen MR) is 95.8 cm³/mol. The van der Waals surface area contributed by atoms with Gasteiger partial charge in [-0.3, -0.25) is 9.59 Å². The van der Waals surface area contributed by atoms with E-state index in [0.717, 1.165) is 25.7 Å². The van der Waals surface area contributed by atoms with Crippen LogP contribution in [0.1, 0.15) is 84.0 Å². The molecule has 0 aromatic heterocycles. The fourth-order valence-electron chi connectivity index (χ4n) is 3.56. The second kappa shape index (κ2) is 12.2. The van der Waals surface area contributed by atoms with E-state index in [1.807, 2.05) is 6.08 Å². The van der Waals surface area contributed by atoms with Crippen LogP contribution in [0.3, 0.4) is 0 Å². The van der Waals surface area contributed by atoms with Crippen molar-refractivity contribution in [1.29, 1.82) is 0 Å². The first kappa shape index (κ1) is 20.9. The molecule has 0 saturated heterocycles. The third-order valence-electron chi connectivity index (χ3n) is 4.99. The molecule has 2 N–H and O–H groups in total. The third kappa shape index (κ3) is 8.09. The Kier molecular flexibility index (Phi) is 10.6. The number of aliphatic hydroxyl groups is 1. The van der Waals surface area contributed by atoms with E-state index in [2.05, 4.69) is 6.92 Å². The fourth-order valence-corrected chi connectivity index (χ4v) is 3.56. The van der Waals surface area contributed by atoms with Crippen molar-refractivity contribution in [3.8, 4) is 0 Å². The van der Waals surface area contributed by atoms with Crippen molar-refractivity contribution in [3.05, 3.63) is 12.2 Å². The number of hydrogen-bond acceptors (Lipinski definition) is 3. The van der Waals surface area contributed by atoms with E-state index in [1.165, 1.54) is 32.1 Å². The van der Waals surface area contributed by atoms with Crippen LogP contribution < -0.4 is 0 Å². The molecule has 1 aliphatic carbocycles. The first-order valence-electron chi connectivity index (χ1n) is 9.68. The number of rotatable bonds is 14. The van der Waals surface area contributed by atoms with E-state index >= 15 is 0 Å². The van der Waals surface area contributed by atoms with Gasteiger partial charge in [0.25, 0.3) is 0 Å². The molecule has 0 amide bonds. The number of carboxylic acid groups (broad SMARTS) is 1. The van der Waals surface area contributed by atoms with Crippen LogP contribution in [0.5, 0.6) is 0 Å². The second-order valence-electron chi connectivity index (χ2n) is 7.07. The van der Waals surface area contributed by atoms with Gasteiger partial charge in [-0.15, -0.1) is 0 Å². The summed E-state index contributed by atoms with van der Waals surface area (Å²) in [5, 5.41) is 19.0. The standard InChI is InChI=1S/C20H34O4/c1-2-3-4-5-6-8-11-16-14-15-18(22)20(16)17(21)12-9-7-10-13-19(23)24/h14-17,20-21H,2-13H2,1H3,(H,23,24). The lowest BCUT2D eigenvalue weighted by atomic mass is 9.83. The molecule has 4 nitrogen and oxygen atoms in total. The smallest absolute Gasteiger partial charge is 0.303 e. The van der Waals surface area contributed by atoms with Gasteiger partial charge in [-0.1, -0.05) is 64.4 Å². The Hall–Kier alpha value is -1.16. The van der Waals surface area contributed by atoms with Gasteiger partial charge in [0.15, 0.2) is 5.78 Å². The summed E-state index contributed by atoms with van der Waals surface area (Å²) in [5.41, 5.74) is 0. The molecular weight excluding hydrogens is 304 g/mol. The number of ketones is 1. The molecule has 3 unspecified atom stereocenters. The van der Waals surface area contributed by atoms with Crippen molar-refractivity contribution in [2.75, 3.05) is 0 Å². The predicted octanol–water partition coefficient (Wildman–Crippen LogP) is 4.50. The van der Waals surface area contributed by atoms with Gasteiger partial charge in [-0.25, -0.2) is 0 Å². The number of carbonyl (C=O) groups is 2. The zero-order chi connectivity index (χ0) is 17.8. The number of carboxylic acids is 1. The van der Waals surface area contributed by atoms with Gasteiger partial charge in [0, 0.05) is 6.42 Å². The Morgan fingerprint density at radius 1 is 1.08 bits per heavy atom. The van der Waals surface area contributed by atoms with Crippen molar-refractivity contribution in [2.24, 2.45) is 11.8 Å². The highest BCUT2D eigenvalue weighted by atomic mass is 16.4. The van der Waals surface area contributed by atoms with E-state index < -0.39 is 12.1 Å². The number of aliphatic hydroxyl groups excluding tert-OH is 1. The van der Waals surface area contributed by atoms with Crippen LogP contribution in [0.15, 0.2) is 12.2 Å². The average Bonchev–Trinajstić information content (AvgIpc) is 2.91. The molecule has 3 atom stereocenters. The topological polar surface area (TPSA) is 74.6 Å². The van der Waals surface area contributed by atoms with Gasteiger partial charge in [0.1, 0.15) is 0 Å². The van der Waals surface area contributed by atoms with Crippen LogP contribution in [0.25, 0.3) is 0 Å². The molecule has 138 valence electrons. The normalized spacial score (nSPS) is 21.3. The molecule has 0 aliphatic heterocycles. The Morgan fingerprint density at radius 2 is 1.75 bits per heavy atom. The lowest BCUT2D eigenvalue weighted by Crippen LogP contribution is -2.30. The molecule has 1 rings (SSSR count). The summed E-state index contributed by atoms with van der Waals surface area (Å²) in [7, 11) is 0. The van der Waals surface area contributed by atoms with Crippen LogP contribution in [-0.4, -0.2) is 28.1 Å². The number of aliphatic carboxylic acids is 1. The second-order valence-corrected chi connectivity index (χ2v) is 7.07. The van der Waals surface area contributed by atoms with Crippen LogP contribution in [0, 0.1) is 11.8 Å². The lowest BCUT2D eigenvalue weighted by molar-refractivity contribution is -0.137. The van der Waals surface area contributed by atoms with Gasteiger partial charge in [0.05, 0.1) is 12.0 Å². The molecular formula is C20H34O4. The maximum absolute atomic E-state index is 12.1. The summed E-state index contributed by atoms with van der Waals surface area (Å²) in [5.74, 6) is -0.813. The SMILES string of the molecule is CCCCCCCCC1C=CC(=O)C1C(O)CCCCCC(=O)O. The summed E-state index contributed by atoms with van der Waals surface area (Å²) in [4.78, 5) is 22.5. The highest BCUT2D eigenvalue weighted by Gasteiger charge is 2.34. The van der Waals surface area contributed by atoms with Crippen molar-refractivity contribution in [1.82, 2.24) is 0 Å². The molecule has 0 spiro atoms. The van der Waals surface area contributed by atoms with Gasteiger partial charge in [0.2, 0.25) is 0 Å². The molecule has 0 bridgehead atoms. The molecule has 0 aromatic carbocycles. The molecule has 0 radical (unpaired) electrons. The fraction of sp³-hybridized carbons (Fsp3) is 0.800. The third-order valence-corrected chi connectivity index (χ3v) is 4.99. The molecule has 0 heterocycles. The summed E-state index contributed by atoms with van der Waals surface area (Å²) < 4.78 is 0. The Bertz CT molecular complexity index is 402. The van der Waals surface area contributed by atoms with Crippen molar-refractivity contribution in [2.45, 2.75) is 90.1 Å². The minimum atomic E-state index is -0.773. The molecule has 0 fully saturated rings. The Balaban J connectivity index is 2.24. The van der Waals surface area contributed by atoms with E-state index in [4.69, 9.17) is 5.11 Å². The van der Waals surface area contributed by atoms with Gasteiger partial charge in [-0.05, 0) is 31.3 Å². The average molecular weight is 338 g/mol. The first-order chi connectivity index (χ1) is 11.6. The summed E-state index contributed by atoms with van der Waals surface area (Å²) >= 11 is 0. The lowest BCUT2D eigenvalue weighted by Gasteiger charge is -2.23. The van der Waals surface area contributed by atoms with Gasteiger partial charge >= 0.3 is 5.97 Å². The molecule has 24 heavy (non-hydrogen) atoms. The largest absolute Gasteiger partial charge is 0.481 e. The number of hydrogen-bond donors (Lipinski definition) is 2. The van der Waals surface area contributed by atoms with Crippen LogP contribution >= 0.6 is 0 Å². The van der Waals surface area contributed by atoms with Gasteiger partial charge in [-0.2, -0.15) is 0 Å². The number of carbonyl (C=O) groups excluding carboxylic acids is 1. The minimum Gasteiger partial charge on any atom is -0.481 e. The zero-order valence-corrected chi connectivity index (χ0v) is 15.1. The monoisotopic (exact) mass is 338 g/mol. The highest BCUT2D eigenvalue weighted by Crippen LogP contribution is 2.32. The maximum atomic E-state index is 12.1. The molecule has 0 aromatic rings. The Morgan fingerprint density at radius 3 is 2.46 bits per heavy atom.